The second kappa shape index (κ2) is 6.48. The Bertz CT molecular complexity index is 721. The van der Waals surface area contributed by atoms with E-state index in [9.17, 15) is 14.9 Å². The fourth-order valence-electron chi connectivity index (χ4n) is 1.68. The number of nitrogens with one attached hydrogen (secondary N) is 1. The number of aryl methyl sites for hydroxylation is 1. The van der Waals surface area contributed by atoms with Crippen molar-refractivity contribution < 1.29 is 14.5 Å². The van der Waals surface area contributed by atoms with Crippen LogP contribution in [0, 0.1) is 10.1 Å². The molecule has 2 aromatic rings. The van der Waals surface area contributed by atoms with E-state index in [-0.39, 0.29) is 11.4 Å². The fourth-order valence-corrected chi connectivity index (χ4v) is 1.68. The van der Waals surface area contributed by atoms with Gasteiger partial charge in [-0.3, -0.25) is 19.6 Å². The summed E-state index contributed by atoms with van der Waals surface area (Å²) in [6.07, 6.45) is 2.56. The van der Waals surface area contributed by atoms with Gasteiger partial charge in [-0.2, -0.15) is 10.2 Å². The smallest absolute Gasteiger partial charge is 0.320 e. The molecule has 1 heterocycles. The van der Waals surface area contributed by atoms with E-state index in [1.807, 2.05) is 0 Å². The van der Waals surface area contributed by atoms with Crippen molar-refractivity contribution in [3.63, 3.8) is 0 Å². The van der Waals surface area contributed by atoms with Crippen molar-refractivity contribution >= 4 is 17.8 Å². The van der Waals surface area contributed by atoms with Crippen LogP contribution in [0.2, 0.25) is 0 Å². The molecular weight excluding hydrogens is 290 g/mol. The molecule has 1 aromatic heterocycles. The van der Waals surface area contributed by atoms with E-state index in [4.69, 9.17) is 4.74 Å². The Kier molecular flexibility index (Phi) is 4.47. The maximum atomic E-state index is 11.8. The fraction of sp³-hybridized carbons (Fsp3) is 0.154. The lowest BCUT2D eigenvalue weighted by Crippen LogP contribution is -2.19. The number of hydrogen-bond donors (Lipinski definition) is 1. The van der Waals surface area contributed by atoms with Crippen molar-refractivity contribution in [2.45, 2.75) is 0 Å². The molecule has 0 aliphatic carbocycles. The molecule has 0 bridgehead atoms. The first-order chi connectivity index (χ1) is 10.5. The molecule has 22 heavy (non-hydrogen) atoms. The third kappa shape index (κ3) is 3.45. The minimum absolute atomic E-state index is 0.292. The highest BCUT2D eigenvalue weighted by molar-refractivity contribution is 5.96. The normalized spacial score (nSPS) is 10.6. The van der Waals surface area contributed by atoms with Crippen LogP contribution in [0.4, 0.5) is 5.69 Å². The molecular formula is C13H13N5O4. The van der Waals surface area contributed by atoms with Gasteiger partial charge in [0, 0.05) is 7.05 Å². The minimum Gasteiger partial charge on any atom is -0.497 e. The predicted molar refractivity (Wildman–Crippen MR) is 77.9 cm³/mol. The van der Waals surface area contributed by atoms with E-state index in [0.717, 1.165) is 11.8 Å². The largest absolute Gasteiger partial charge is 0.497 e. The van der Waals surface area contributed by atoms with E-state index >= 15 is 0 Å². The Labute approximate surface area is 125 Å². The number of methoxy groups -OCH3 is 1. The number of amides is 1. The summed E-state index contributed by atoms with van der Waals surface area (Å²) in [5.41, 5.74) is 2.27. The summed E-state index contributed by atoms with van der Waals surface area (Å²) in [7, 11) is 3.05. The average Bonchev–Trinajstić information content (AvgIpc) is 2.90. The summed E-state index contributed by atoms with van der Waals surface area (Å²) in [6.45, 7) is 0. The number of rotatable bonds is 5. The lowest BCUT2D eigenvalue weighted by Gasteiger charge is -1.99. The Morgan fingerprint density at radius 3 is 2.73 bits per heavy atom. The average molecular weight is 303 g/mol. The molecule has 0 aliphatic heterocycles. The number of aromatic nitrogens is 2. The molecule has 1 amide bonds. The molecule has 1 aromatic carbocycles. The quantitative estimate of drug-likeness (QED) is 0.505. The highest BCUT2D eigenvalue weighted by Crippen LogP contribution is 2.15. The zero-order valence-electron chi connectivity index (χ0n) is 11.9. The van der Waals surface area contributed by atoms with Crippen molar-refractivity contribution in [2.75, 3.05) is 7.11 Å². The van der Waals surface area contributed by atoms with E-state index in [0.29, 0.717) is 5.75 Å². The Balaban J connectivity index is 2.06. The molecule has 0 fully saturated rings. The van der Waals surface area contributed by atoms with E-state index < -0.39 is 10.8 Å². The van der Waals surface area contributed by atoms with E-state index in [1.165, 1.54) is 17.9 Å². The number of hydrogen-bond acceptors (Lipinski definition) is 6. The van der Waals surface area contributed by atoms with Crippen LogP contribution in [0.15, 0.2) is 35.6 Å². The maximum Gasteiger partial charge on any atom is 0.320 e. The monoisotopic (exact) mass is 303 g/mol. The van der Waals surface area contributed by atoms with Crippen LogP contribution in [-0.2, 0) is 7.05 Å². The summed E-state index contributed by atoms with van der Waals surface area (Å²) in [4.78, 5) is 22.0. The highest BCUT2D eigenvalue weighted by Gasteiger charge is 2.24. The summed E-state index contributed by atoms with van der Waals surface area (Å²) in [5.74, 6) is -0.0534. The van der Waals surface area contributed by atoms with E-state index in [2.05, 4.69) is 15.6 Å². The molecule has 2 rings (SSSR count). The lowest BCUT2D eigenvalue weighted by molar-refractivity contribution is -0.385. The van der Waals surface area contributed by atoms with Gasteiger partial charge in [-0.25, -0.2) is 5.43 Å². The maximum absolute atomic E-state index is 11.8. The van der Waals surface area contributed by atoms with Crippen molar-refractivity contribution in [1.29, 1.82) is 0 Å². The van der Waals surface area contributed by atoms with Crippen LogP contribution in [0.3, 0.4) is 0 Å². The molecule has 114 valence electrons. The van der Waals surface area contributed by atoms with Crippen LogP contribution in [0.1, 0.15) is 16.1 Å². The van der Waals surface area contributed by atoms with Gasteiger partial charge in [0.25, 0.3) is 5.91 Å². The molecule has 0 aliphatic rings. The summed E-state index contributed by atoms with van der Waals surface area (Å²) < 4.78 is 6.21. The Morgan fingerprint density at radius 1 is 1.45 bits per heavy atom. The van der Waals surface area contributed by atoms with Gasteiger partial charge in [-0.05, 0) is 29.8 Å². The molecule has 0 saturated carbocycles. The Hall–Kier alpha value is -3.23. The van der Waals surface area contributed by atoms with E-state index in [1.54, 1.807) is 31.4 Å². The minimum atomic E-state index is -0.753. The van der Waals surface area contributed by atoms with Gasteiger partial charge >= 0.3 is 5.69 Å². The van der Waals surface area contributed by atoms with Gasteiger partial charge in [0.15, 0.2) is 0 Å². The second-order valence-electron chi connectivity index (χ2n) is 4.27. The molecule has 9 nitrogen and oxygen atoms in total. The van der Waals surface area contributed by atoms with Crippen molar-refractivity contribution in [1.82, 2.24) is 15.2 Å². The van der Waals surface area contributed by atoms with Gasteiger partial charge in [-0.15, -0.1) is 0 Å². The van der Waals surface area contributed by atoms with Crippen molar-refractivity contribution in [3.05, 3.63) is 51.8 Å². The first-order valence-electron chi connectivity index (χ1n) is 6.16. The number of benzene rings is 1. The number of hydrazone groups is 1. The highest BCUT2D eigenvalue weighted by atomic mass is 16.6. The topological polar surface area (TPSA) is 112 Å². The van der Waals surface area contributed by atoms with Gasteiger partial charge in [-0.1, -0.05) is 0 Å². The molecule has 0 radical (unpaired) electrons. The van der Waals surface area contributed by atoms with Gasteiger partial charge in [0.2, 0.25) is 5.69 Å². The number of nitrogens with zero attached hydrogens (tertiary/aromatic N) is 4. The molecule has 0 saturated heterocycles. The van der Waals surface area contributed by atoms with Crippen LogP contribution >= 0.6 is 0 Å². The van der Waals surface area contributed by atoms with Crippen molar-refractivity contribution in [2.24, 2.45) is 12.1 Å². The van der Waals surface area contributed by atoms with Crippen molar-refractivity contribution in [3.8, 4) is 5.75 Å². The van der Waals surface area contributed by atoms with Crippen LogP contribution in [-0.4, -0.2) is 33.9 Å². The molecule has 0 spiro atoms. The Morgan fingerprint density at radius 2 is 2.14 bits per heavy atom. The summed E-state index contributed by atoms with van der Waals surface area (Å²) >= 11 is 0. The molecule has 0 atom stereocenters. The molecule has 1 N–H and O–H groups in total. The standard InChI is InChI=1S/C13H13N5O4/c1-17-8-11(18(20)21)12(16-17)13(19)15-14-7-9-3-5-10(22-2)6-4-9/h3-8H,1-2H3,(H,15,19). The second-order valence-corrected chi connectivity index (χ2v) is 4.27. The lowest BCUT2D eigenvalue weighted by atomic mass is 10.2. The summed E-state index contributed by atoms with van der Waals surface area (Å²) in [6, 6.07) is 6.98. The van der Waals surface area contributed by atoms with Gasteiger partial charge in [0.1, 0.15) is 11.9 Å². The van der Waals surface area contributed by atoms with Gasteiger partial charge < -0.3 is 4.74 Å². The van der Waals surface area contributed by atoms with Crippen LogP contribution < -0.4 is 10.2 Å². The van der Waals surface area contributed by atoms with Crippen LogP contribution in [0.25, 0.3) is 0 Å². The molecule has 0 unspecified atom stereocenters. The first-order valence-corrected chi connectivity index (χ1v) is 6.16. The zero-order chi connectivity index (χ0) is 16.1. The number of carbonyl (C=O) groups is 1. The summed E-state index contributed by atoms with van der Waals surface area (Å²) in [5, 5.41) is 18.3. The van der Waals surface area contributed by atoms with Crippen LogP contribution in [0.5, 0.6) is 5.75 Å². The third-order valence-electron chi connectivity index (χ3n) is 2.72. The zero-order valence-corrected chi connectivity index (χ0v) is 11.9. The SMILES string of the molecule is COc1ccc(C=NNC(=O)c2nn(C)cc2[N+](=O)[O-])cc1. The van der Waals surface area contributed by atoms with Gasteiger partial charge in [0.05, 0.1) is 18.2 Å². The predicted octanol–water partition coefficient (Wildman–Crippen LogP) is 1.10. The first kappa shape index (κ1) is 15.2. The number of ether oxygens (including phenoxy) is 1. The third-order valence-corrected chi connectivity index (χ3v) is 2.72. The number of nitro groups is 1. The molecule has 9 heteroatoms. The number of carbonyl (C=O) groups excluding carboxylic acids is 1.